The summed E-state index contributed by atoms with van der Waals surface area (Å²) < 4.78 is 5.50. The molecule has 2 unspecified atom stereocenters. The van der Waals surface area contributed by atoms with Crippen molar-refractivity contribution in [2.24, 2.45) is 0 Å². The van der Waals surface area contributed by atoms with Crippen molar-refractivity contribution in [1.82, 2.24) is 5.32 Å². The van der Waals surface area contributed by atoms with Crippen LogP contribution in [-0.4, -0.2) is 47.4 Å². The Labute approximate surface area is 519 Å². The third-order valence-electron chi connectivity index (χ3n) is 17.7. The van der Waals surface area contributed by atoms with Crippen LogP contribution in [0.3, 0.4) is 0 Å². The molecule has 0 aliphatic heterocycles. The number of allylic oxidation sites excluding steroid dienone is 6. The van der Waals surface area contributed by atoms with Gasteiger partial charge in [-0.1, -0.05) is 359 Å². The Hall–Kier alpha value is -1.92. The maximum Gasteiger partial charge on any atom is 0.305 e. The number of carbonyl (C=O) groups is 2. The van der Waals surface area contributed by atoms with Crippen LogP contribution < -0.4 is 5.32 Å². The smallest absolute Gasteiger partial charge is 0.305 e. The van der Waals surface area contributed by atoms with E-state index in [1.54, 1.807) is 0 Å². The van der Waals surface area contributed by atoms with E-state index in [2.05, 4.69) is 55.6 Å². The van der Waals surface area contributed by atoms with E-state index < -0.39 is 12.1 Å². The Morgan fingerprint density at radius 3 is 0.940 bits per heavy atom. The molecule has 0 aliphatic rings. The summed E-state index contributed by atoms with van der Waals surface area (Å²) in [5.74, 6) is -0.0315. The zero-order valence-electron chi connectivity index (χ0n) is 56.2. The topological polar surface area (TPSA) is 95.9 Å². The van der Waals surface area contributed by atoms with Crippen LogP contribution >= 0.6 is 0 Å². The Morgan fingerprint density at radius 2 is 0.602 bits per heavy atom. The monoisotopic (exact) mass is 1170 g/mol. The van der Waals surface area contributed by atoms with Crippen molar-refractivity contribution >= 4 is 11.9 Å². The summed E-state index contributed by atoms with van der Waals surface area (Å²) >= 11 is 0. The first-order valence-electron chi connectivity index (χ1n) is 37.7. The first kappa shape index (κ1) is 81.1. The van der Waals surface area contributed by atoms with E-state index in [9.17, 15) is 19.8 Å². The Kier molecular flexibility index (Phi) is 70.9. The molecule has 1 amide bonds. The van der Waals surface area contributed by atoms with Gasteiger partial charge in [0.25, 0.3) is 0 Å². The largest absolute Gasteiger partial charge is 0.466 e. The molecule has 0 bridgehead atoms. The van der Waals surface area contributed by atoms with Crippen molar-refractivity contribution in [3.8, 4) is 0 Å². The fraction of sp³-hybridized carbons (Fsp3) is 0.896. The van der Waals surface area contributed by atoms with Crippen LogP contribution in [0.2, 0.25) is 0 Å². The van der Waals surface area contributed by atoms with E-state index in [4.69, 9.17) is 4.74 Å². The third kappa shape index (κ3) is 69.1. The molecule has 2 atom stereocenters. The number of amides is 1. The molecular weight excluding hydrogens is 1020 g/mol. The zero-order valence-corrected chi connectivity index (χ0v) is 56.2. The van der Waals surface area contributed by atoms with Gasteiger partial charge < -0.3 is 20.3 Å². The van der Waals surface area contributed by atoms with E-state index in [-0.39, 0.29) is 18.5 Å². The standard InChI is InChI=1S/C77H147NO5/c1-3-5-7-9-11-13-15-17-19-21-23-24-25-26-28-31-34-37-41-45-49-53-57-61-65-69-75(80)74(73-79)78-76(81)70-66-62-58-54-50-46-42-38-35-32-29-27-30-33-36-40-44-48-52-56-60-64-68-72-83-77(82)71-67-63-59-55-51-47-43-39-22-20-18-16-14-12-10-8-6-4-2/h14,16,20,22,32,35,74-75,79-80H,3-13,15,17-19,21,23-31,33-34,36-73H2,1-2H3,(H,78,81)/b16-14-,22-20-,35-32-. The highest BCUT2D eigenvalue weighted by Crippen LogP contribution is 2.19. The van der Waals surface area contributed by atoms with Crippen molar-refractivity contribution in [3.63, 3.8) is 0 Å². The predicted molar refractivity (Wildman–Crippen MR) is 366 cm³/mol. The average Bonchev–Trinajstić information content (AvgIpc) is 3.49. The van der Waals surface area contributed by atoms with Gasteiger partial charge in [-0.3, -0.25) is 9.59 Å². The molecule has 6 nitrogen and oxygen atoms in total. The van der Waals surface area contributed by atoms with Crippen LogP contribution in [0.1, 0.15) is 418 Å². The SMILES string of the molecule is CCCCCC/C=C\C/C=C\CCCCCCCCCC(=O)OCCCCCCCCCCCCCC/C=C\CCCCCCCCCC(=O)NC(CO)C(O)CCCCCCCCCCCCCCCCCCCCCCCCCCC. The minimum atomic E-state index is -0.671. The summed E-state index contributed by atoms with van der Waals surface area (Å²) in [4.78, 5) is 24.7. The van der Waals surface area contributed by atoms with E-state index in [0.29, 0.717) is 25.9 Å². The van der Waals surface area contributed by atoms with Gasteiger partial charge >= 0.3 is 5.97 Å². The van der Waals surface area contributed by atoms with Crippen LogP contribution in [0.25, 0.3) is 0 Å². The van der Waals surface area contributed by atoms with Crippen molar-refractivity contribution in [1.29, 1.82) is 0 Å². The molecule has 0 aliphatic carbocycles. The molecule has 0 saturated heterocycles. The second-order valence-electron chi connectivity index (χ2n) is 26.0. The molecule has 0 saturated carbocycles. The molecule has 83 heavy (non-hydrogen) atoms. The van der Waals surface area contributed by atoms with Crippen LogP contribution in [-0.2, 0) is 14.3 Å². The Bertz CT molecular complexity index is 1340. The van der Waals surface area contributed by atoms with E-state index in [1.807, 2.05) is 0 Å². The molecule has 0 heterocycles. The highest BCUT2D eigenvalue weighted by molar-refractivity contribution is 5.76. The van der Waals surface area contributed by atoms with Crippen molar-refractivity contribution < 1.29 is 24.5 Å². The maximum absolute atomic E-state index is 12.6. The molecule has 0 rings (SSSR count). The lowest BCUT2D eigenvalue weighted by molar-refractivity contribution is -0.143. The fourth-order valence-electron chi connectivity index (χ4n) is 11.9. The quantitative estimate of drug-likeness (QED) is 0.0320. The summed E-state index contributed by atoms with van der Waals surface area (Å²) in [5, 5.41) is 23.5. The van der Waals surface area contributed by atoms with Crippen molar-refractivity contribution in [2.45, 2.75) is 431 Å². The first-order chi connectivity index (χ1) is 41.0. The molecule has 490 valence electrons. The first-order valence-corrected chi connectivity index (χ1v) is 37.7. The number of ether oxygens (including phenoxy) is 1. The molecule has 3 N–H and O–H groups in total. The van der Waals surface area contributed by atoms with Crippen molar-refractivity contribution in [2.75, 3.05) is 13.2 Å². The minimum Gasteiger partial charge on any atom is -0.466 e. The van der Waals surface area contributed by atoms with Gasteiger partial charge in [-0.2, -0.15) is 0 Å². The second kappa shape index (κ2) is 72.6. The Balaban J connectivity index is 3.41. The number of esters is 1. The Morgan fingerprint density at radius 1 is 0.337 bits per heavy atom. The van der Waals surface area contributed by atoms with Crippen LogP contribution in [0, 0.1) is 0 Å². The highest BCUT2D eigenvalue weighted by atomic mass is 16.5. The van der Waals surface area contributed by atoms with Crippen LogP contribution in [0.5, 0.6) is 0 Å². The van der Waals surface area contributed by atoms with Gasteiger partial charge in [0.05, 0.1) is 25.4 Å². The van der Waals surface area contributed by atoms with E-state index in [1.165, 1.54) is 334 Å². The molecular formula is C77H147NO5. The second-order valence-corrected chi connectivity index (χ2v) is 26.0. The molecule has 0 fully saturated rings. The van der Waals surface area contributed by atoms with Gasteiger partial charge in [0.2, 0.25) is 5.91 Å². The normalized spacial score (nSPS) is 12.7. The summed E-state index contributed by atoms with van der Waals surface area (Å²) in [7, 11) is 0. The lowest BCUT2D eigenvalue weighted by Gasteiger charge is -2.22. The summed E-state index contributed by atoms with van der Waals surface area (Å²) in [5.41, 5.74) is 0. The predicted octanol–water partition coefficient (Wildman–Crippen LogP) is 24.7. The number of hydrogen-bond donors (Lipinski definition) is 3. The van der Waals surface area contributed by atoms with Gasteiger partial charge in [0.1, 0.15) is 0 Å². The number of hydrogen-bond acceptors (Lipinski definition) is 5. The molecule has 0 aromatic rings. The lowest BCUT2D eigenvalue weighted by atomic mass is 10.0. The minimum absolute atomic E-state index is 0.00510. The van der Waals surface area contributed by atoms with Gasteiger partial charge in [-0.25, -0.2) is 0 Å². The van der Waals surface area contributed by atoms with E-state index >= 15 is 0 Å². The number of carbonyl (C=O) groups excluding carboxylic acids is 2. The fourth-order valence-corrected chi connectivity index (χ4v) is 11.9. The van der Waals surface area contributed by atoms with Crippen LogP contribution in [0.4, 0.5) is 0 Å². The molecule has 0 aromatic carbocycles. The number of aliphatic hydroxyl groups is 2. The molecule has 0 aromatic heterocycles. The average molecular weight is 1170 g/mol. The number of aliphatic hydroxyl groups excluding tert-OH is 2. The number of rotatable bonds is 71. The van der Waals surface area contributed by atoms with Crippen LogP contribution in [0.15, 0.2) is 36.5 Å². The molecule has 0 radical (unpaired) electrons. The van der Waals surface area contributed by atoms with E-state index in [0.717, 1.165) is 51.4 Å². The third-order valence-corrected chi connectivity index (χ3v) is 17.7. The number of nitrogens with one attached hydrogen (secondary N) is 1. The summed E-state index contributed by atoms with van der Waals surface area (Å²) in [6, 6.07) is -0.548. The highest BCUT2D eigenvalue weighted by Gasteiger charge is 2.20. The maximum atomic E-state index is 12.6. The van der Waals surface area contributed by atoms with Crippen molar-refractivity contribution in [3.05, 3.63) is 36.5 Å². The summed E-state index contributed by atoms with van der Waals surface area (Å²) in [6.07, 6.45) is 93.5. The molecule has 6 heteroatoms. The lowest BCUT2D eigenvalue weighted by Crippen LogP contribution is -2.45. The summed E-state index contributed by atoms with van der Waals surface area (Å²) in [6.45, 7) is 4.97. The zero-order chi connectivity index (χ0) is 59.9. The van der Waals surface area contributed by atoms with Gasteiger partial charge in [0.15, 0.2) is 0 Å². The number of unbranched alkanes of at least 4 members (excludes halogenated alkanes) is 54. The van der Waals surface area contributed by atoms with Gasteiger partial charge in [0, 0.05) is 12.8 Å². The van der Waals surface area contributed by atoms with Gasteiger partial charge in [-0.15, -0.1) is 0 Å². The molecule has 0 spiro atoms. The van der Waals surface area contributed by atoms with Gasteiger partial charge in [-0.05, 0) is 83.5 Å².